The van der Waals surface area contributed by atoms with E-state index in [9.17, 15) is 18.0 Å². The van der Waals surface area contributed by atoms with E-state index in [0.29, 0.717) is 0 Å². The molecular formula is C18H13F3N2O. The Morgan fingerprint density at radius 1 is 1.12 bits per heavy atom. The van der Waals surface area contributed by atoms with Crippen LogP contribution in [0.3, 0.4) is 0 Å². The molecule has 1 N–H and O–H groups in total. The molecule has 0 bridgehead atoms. The highest BCUT2D eigenvalue weighted by Crippen LogP contribution is 2.29. The van der Waals surface area contributed by atoms with E-state index in [4.69, 9.17) is 0 Å². The molecule has 1 heterocycles. The summed E-state index contributed by atoms with van der Waals surface area (Å²) in [6.45, 7) is 0.783. The third-order valence-electron chi connectivity index (χ3n) is 3.59. The summed E-state index contributed by atoms with van der Waals surface area (Å²) in [6.07, 6.45) is 1.46. The van der Waals surface area contributed by atoms with E-state index in [0.717, 1.165) is 6.92 Å². The Balaban J connectivity index is 1.96. The van der Waals surface area contributed by atoms with Crippen molar-refractivity contribution in [3.05, 3.63) is 71.7 Å². The minimum absolute atomic E-state index is 0.167. The Labute approximate surface area is 136 Å². The number of benzene rings is 2. The van der Waals surface area contributed by atoms with Crippen molar-refractivity contribution in [3.63, 3.8) is 0 Å². The van der Waals surface area contributed by atoms with Crippen LogP contribution in [0.2, 0.25) is 0 Å². The molecule has 0 unspecified atom stereocenters. The van der Waals surface area contributed by atoms with E-state index < -0.39 is 17.6 Å². The number of aromatic nitrogens is 1. The van der Waals surface area contributed by atoms with Gasteiger partial charge in [-0.2, -0.15) is 0 Å². The molecular weight excluding hydrogens is 317 g/mol. The van der Waals surface area contributed by atoms with Gasteiger partial charge in [0.05, 0.1) is 11.1 Å². The number of hydrogen-bond acceptors (Lipinski definition) is 2. The van der Waals surface area contributed by atoms with Gasteiger partial charge in [-0.15, -0.1) is 0 Å². The Morgan fingerprint density at radius 2 is 1.92 bits per heavy atom. The third-order valence-corrected chi connectivity index (χ3v) is 3.59. The SMILES string of the molecule is CC(F)(F)c1cccc(NC(=O)c2ccc(F)c3cccnc23)c1. The van der Waals surface area contributed by atoms with Gasteiger partial charge in [-0.1, -0.05) is 12.1 Å². The maximum Gasteiger partial charge on any atom is 0.270 e. The quantitative estimate of drug-likeness (QED) is 0.754. The summed E-state index contributed by atoms with van der Waals surface area (Å²) in [5.74, 6) is -4.04. The van der Waals surface area contributed by atoms with Gasteiger partial charge in [0.15, 0.2) is 0 Å². The van der Waals surface area contributed by atoms with Crippen LogP contribution in [-0.4, -0.2) is 10.9 Å². The molecule has 0 spiro atoms. The predicted molar refractivity (Wildman–Crippen MR) is 85.7 cm³/mol. The molecule has 0 atom stereocenters. The Bertz CT molecular complexity index is 920. The van der Waals surface area contributed by atoms with Crippen LogP contribution in [-0.2, 0) is 5.92 Å². The highest BCUT2D eigenvalue weighted by molar-refractivity contribution is 6.11. The maximum atomic E-state index is 13.8. The van der Waals surface area contributed by atoms with Crippen molar-refractivity contribution in [2.24, 2.45) is 0 Å². The largest absolute Gasteiger partial charge is 0.322 e. The average molecular weight is 330 g/mol. The van der Waals surface area contributed by atoms with Crippen molar-refractivity contribution < 1.29 is 18.0 Å². The lowest BCUT2D eigenvalue weighted by Crippen LogP contribution is -2.14. The molecule has 1 aromatic heterocycles. The van der Waals surface area contributed by atoms with Crippen LogP contribution < -0.4 is 5.32 Å². The van der Waals surface area contributed by atoms with Gasteiger partial charge in [-0.25, -0.2) is 13.2 Å². The number of halogens is 3. The summed E-state index contributed by atoms with van der Waals surface area (Å²) < 4.78 is 40.6. The standard InChI is InChI=1S/C18H13F3N2O/c1-18(20,21)11-4-2-5-12(10-11)23-17(24)14-7-8-15(19)13-6-3-9-22-16(13)14/h2-10H,1H3,(H,23,24). The number of fused-ring (bicyclic) bond motifs is 1. The summed E-state index contributed by atoms with van der Waals surface area (Å²) in [6, 6.07) is 11.0. The molecule has 1 amide bonds. The Hall–Kier alpha value is -2.89. The van der Waals surface area contributed by atoms with Crippen molar-refractivity contribution in [1.29, 1.82) is 0 Å². The van der Waals surface area contributed by atoms with E-state index in [2.05, 4.69) is 10.3 Å². The lowest BCUT2D eigenvalue weighted by atomic mass is 10.1. The van der Waals surface area contributed by atoms with Crippen LogP contribution in [0.4, 0.5) is 18.9 Å². The fourth-order valence-corrected chi connectivity index (χ4v) is 2.39. The molecule has 0 radical (unpaired) electrons. The van der Waals surface area contributed by atoms with E-state index in [1.807, 2.05) is 0 Å². The summed E-state index contributed by atoms with van der Waals surface area (Å²) in [7, 11) is 0. The van der Waals surface area contributed by atoms with Gasteiger partial charge in [0.25, 0.3) is 11.8 Å². The second-order valence-corrected chi connectivity index (χ2v) is 5.42. The second kappa shape index (κ2) is 5.96. The minimum atomic E-state index is -3.01. The first kappa shape index (κ1) is 16.0. The van der Waals surface area contributed by atoms with Crippen molar-refractivity contribution in [3.8, 4) is 0 Å². The molecule has 0 aliphatic rings. The number of carbonyl (C=O) groups is 1. The number of hydrogen-bond donors (Lipinski definition) is 1. The van der Waals surface area contributed by atoms with Crippen molar-refractivity contribution in [2.75, 3.05) is 5.32 Å². The zero-order valence-corrected chi connectivity index (χ0v) is 12.7. The second-order valence-electron chi connectivity index (χ2n) is 5.42. The van der Waals surface area contributed by atoms with Crippen molar-refractivity contribution in [2.45, 2.75) is 12.8 Å². The highest BCUT2D eigenvalue weighted by Gasteiger charge is 2.24. The van der Waals surface area contributed by atoms with Crippen LogP contribution in [0.25, 0.3) is 10.9 Å². The molecule has 0 saturated carbocycles. The van der Waals surface area contributed by atoms with E-state index >= 15 is 0 Å². The molecule has 3 rings (SSSR count). The molecule has 3 aromatic rings. The number of alkyl halides is 2. The van der Waals surface area contributed by atoms with E-state index in [1.165, 1.54) is 48.7 Å². The number of amides is 1. The topological polar surface area (TPSA) is 42.0 Å². The first-order valence-electron chi connectivity index (χ1n) is 7.19. The molecule has 3 nitrogen and oxygen atoms in total. The summed E-state index contributed by atoms with van der Waals surface area (Å²) in [5, 5.41) is 2.77. The monoisotopic (exact) mass is 330 g/mol. The summed E-state index contributed by atoms with van der Waals surface area (Å²) in [5.41, 5.74) is 0.405. The average Bonchev–Trinajstić information content (AvgIpc) is 2.55. The highest BCUT2D eigenvalue weighted by atomic mass is 19.3. The fourth-order valence-electron chi connectivity index (χ4n) is 2.39. The van der Waals surface area contributed by atoms with Crippen LogP contribution in [0.5, 0.6) is 0 Å². The molecule has 0 saturated heterocycles. The van der Waals surface area contributed by atoms with Crippen molar-refractivity contribution >= 4 is 22.5 Å². The molecule has 0 aliphatic heterocycles. The normalized spacial score (nSPS) is 11.5. The number of pyridine rings is 1. The van der Waals surface area contributed by atoms with Crippen molar-refractivity contribution in [1.82, 2.24) is 4.98 Å². The number of nitrogens with one attached hydrogen (secondary N) is 1. The van der Waals surface area contributed by atoms with Crippen LogP contribution >= 0.6 is 0 Å². The molecule has 24 heavy (non-hydrogen) atoms. The van der Waals surface area contributed by atoms with E-state index in [-0.39, 0.29) is 27.7 Å². The van der Waals surface area contributed by atoms with Gasteiger partial charge >= 0.3 is 0 Å². The Morgan fingerprint density at radius 3 is 2.67 bits per heavy atom. The molecule has 2 aromatic carbocycles. The Kier molecular flexibility index (Phi) is 3.97. The number of carbonyl (C=O) groups excluding carboxylic acids is 1. The van der Waals surface area contributed by atoms with Crippen LogP contribution in [0.1, 0.15) is 22.8 Å². The van der Waals surface area contributed by atoms with Crippen LogP contribution in [0.15, 0.2) is 54.7 Å². The van der Waals surface area contributed by atoms with Gasteiger partial charge in [-0.3, -0.25) is 9.78 Å². The number of nitrogens with zero attached hydrogens (tertiary/aromatic N) is 1. The van der Waals surface area contributed by atoms with E-state index in [1.54, 1.807) is 6.07 Å². The zero-order chi connectivity index (χ0) is 17.3. The lowest BCUT2D eigenvalue weighted by molar-refractivity contribution is 0.0175. The first-order chi connectivity index (χ1) is 11.4. The number of rotatable bonds is 3. The number of anilines is 1. The fraction of sp³-hybridized carbons (Fsp3) is 0.111. The summed E-state index contributed by atoms with van der Waals surface area (Å²) in [4.78, 5) is 16.5. The minimum Gasteiger partial charge on any atom is -0.322 e. The molecule has 6 heteroatoms. The molecule has 0 fully saturated rings. The van der Waals surface area contributed by atoms with Gasteiger partial charge in [-0.05, 0) is 36.4 Å². The predicted octanol–water partition coefficient (Wildman–Crippen LogP) is 4.74. The van der Waals surface area contributed by atoms with Gasteiger partial charge < -0.3 is 5.32 Å². The lowest BCUT2D eigenvalue weighted by Gasteiger charge is -2.13. The smallest absolute Gasteiger partial charge is 0.270 e. The first-order valence-corrected chi connectivity index (χ1v) is 7.19. The van der Waals surface area contributed by atoms with Gasteiger partial charge in [0, 0.05) is 29.8 Å². The van der Waals surface area contributed by atoms with Crippen LogP contribution in [0, 0.1) is 5.82 Å². The third kappa shape index (κ3) is 3.08. The zero-order valence-electron chi connectivity index (χ0n) is 12.7. The summed E-state index contributed by atoms with van der Waals surface area (Å²) >= 11 is 0. The van der Waals surface area contributed by atoms with Gasteiger partial charge in [0.2, 0.25) is 0 Å². The van der Waals surface area contributed by atoms with Gasteiger partial charge in [0.1, 0.15) is 5.82 Å². The molecule has 0 aliphatic carbocycles. The maximum absolute atomic E-state index is 13.8. The molecule has 122 valence electrons.